The molecule has 7 nitrogen and oxygen atoms in total. The average Bonchev–Trinajstić information content (AvgIpc) is 2.59. The first-order valence-electron chi connectivity index (χ1n) is 8.22. The molecule has 9 heteroatoms. The fourth-order valence-electron chi connectivity index (χ4n) is 3.10. The molecule has 1 fully saturated rings. The normalized spacial score (nSPS) is 14.8. The summed E-state index contributed by atoms with van der Waals surface area (Å²) in [6.07, 6.45) is 5.71. The summed E-state index contributed by atoms with van der Waals surface area (Å²) in [5.41, 5.74) is 4.78. The number of nitriles is 1. The van der Waals surface area contributed by atoms with Gasteiger partial charge in [-0.3, -0.25) is 14.9 Å². The molecule has 0 saturated carbocycles. The van der Waals surface area contributed by atoms with Crippen LogP contribution in [0.2, 0.25) is 17.7 Å². The molecule has 2 rings (SSSR count). The number of carbonyl (C=O) groups is 1. The predicted molar refractivity (Wildman–Crippen MR) is 95.1 cm³/mol. The first-order valence-corrected chi connectivity index (χ1v) is 8.60. The summed E-state index contributed by atoms with van der Waals surface area (Å²) in [6, 6.07) is 2.38. The van der Waals surface area contributed by atoms with Crippen LogP contribution in [0.5, 0.6) is 5.75 Å². The van der Waals surface area contributed by atoms with Crippen molar-refractivity contribution in [2.75, 3.05) is 6.61 Å². The lowest BCUT2D eigenvalue weighted by Crippen LogP contribution is -2.20. The highest BCUT2D eigenvalue weighted by atomic mass is 35.5. The number of nitro benzene ring substituents is 1. The summed E-state index contributed by atoms with van der Waals surface area (Å²) in [5.74, 6) is 2.21. The van der Waals surface area contributed by atoms with Crippen molar-refractivity contribution in [3.8, 4) is 11.7 Å². The molecule has 0 aliphatic carbocycles. The summed E-state index contributed by atoms with van der Waals surface area (Å²) in [6.45, 7) is 0.528. The zero-order valence-corrected chi connectivity index (χ0v) is 14.5. The molecule has 132 valence electrons. The van der Waals surface area contributed by atoms with E-state index in [4.69, 9.17) is 27.3 Å². The molecule has 0 bridgehead atoms. The molecule has 0 aromatic heterocycles. The third-order valence-electron chi connectivity index (χ3n) is 4.54. The second-order valence-corrected chi connectivity index (χ2v) is 6.64. The van der Waals surface area contributed by atoms with Crippen LogP contribution in [0, 0.1) is 27.3 Å². The van der Waals surface area contributed by atoms with Crippen LogP contribution in [0.1, 0.15) is 36.0 Å². The summed E-state index contributed by atoms with van der Waals surface area (Å²) < 4.78 is 5.56. The van der Waals surface area contributed by atoms with Crippen molar-refractivity contribution in [2.45, 2.75) is 38.3 Å². The molecule has 0 radical (unpaired) electrons. The Morgan fingerprint density at radius 1 is 1.48 bits per heavy atom. The monoisotopic (exact) mass is 363 g/mol. The zero-order chi connectivity index (χ0) is 18.4. The van der Waals surface area contributed by atoms with E-state index >= 15 is 0 Å². The van der Waals surface area contributed by atoms with Gasteiger partial charge in [0.15, 0.2) is 5.02 Å². The number of nitrogens with two attached hydrogens (primary N) is 1. The van der Waals surface area contributed by atoms with Gasteiger partial charge in [0, 0.05) is 17.6 Å². The largest absolute Gasteiger partial charge is 0.492 e. The number of primary amides is 1. The Morgan fingerprint density at radius 2 is 2.16 bits per heavy atom. The number of nitro groups is 1. The summed E-state index contributed by atoms with van der Waals surface area (Å²) in [7, 11) is 0. The van der Waals surface area contributed by atoms with E-state index in [-0.39, 0.29) is 23.0 Å². The van der Waals surface area contributed by atoms with Crippen LogP contribution in [0.25, 0.3) is 0 Å². The number of amides is 1. The van der Waals surface area contributed by atoms with Gasteiger partial charge in [-0.25, -0.2) is 5.26 Å². The molecule has 1 aromatic rings. The maximum atomic E-state index is 11.3. The Hall–Kier alpha value is -2.27. The third-order valence-corrected chi connectivity index (χ3v) is 4.92. The molecule has 0 unspecified atom stereocenters. The second kappa shape index (κ2) is 8.72. The SMILES string of the molecule is N#CB1CCC(CCCOc2cc(C(N)=O)cc([N+](=O)[O-])c2Cl)CC1. The second-order valence-electron chi connectivity index (χ2n) is 6.27. The molecule has 1 saturated heterocycles. The van der Waals surface area contributed by atoms with E-state index in [1.54, 1.807) is 0 Å². The molecule has 1 aliphatic heterocycles. The Bertz CT molecular complexity index is 699. The van der Waals surface area contributed by atoms with Crippen molar-refractivity contribution in [3.05, 3.63) is 32.8 Å². The van der Waals surface area contributed by atoms with E-state index in [1.807, 2.05) is 0 Å². The van der Waals surface area contributed by atoms with E-state index in [0.717, 1.165) is 44.4 Å². The fraction of sp³-hybridized carbons (Fsp3) is 0.500. The van der Waals surface area contributed by atoms with Gasteiger partial charge in [0.1, 0.15) is 5.75 Å². The summed E-state index contributed by atoms with van der Waals surface area (Å²) in [5, 5.41) is 19.8. The zero-order valence-electron chi connectivity index (χ0n) is 13.7. The Balaban J connectivity index is 1.91. The summed E-state index contributed by atoms with van der Waals surface area (Å²) >= 11 is 5.99. The number of ether oxygens (including phenoxy) is 1. The highest BCUT2D eigenvalue weighted by Gasteiger charge is 2.24. The lowest BCUT2D eigenvalue weighted by molar-refractivity contribution is -0.384. The quantitative estimate of drug-likeness (QED) is 0.344. The first-order chi connectivity index (χ1) is 11.9. The van der Waals surface area contributed by atoms with E-state index < -0.39 is 16.5 Å². The fourth-order valence-corrected chi connectivity index (χ4v) is 3.33. The molecule has 1 amide bonds. The van der Waals surface area contributed by atoms with Crippen molar-refractivity contribution in [1.82, 2.24) is 0 Å². The van der Waals surface area contributed by atoms with E-state index in [9.17, 15) is 14.9 Å². The average molecular weight is 364 g/mol. The first kappa shape index (κ1) is 19.1. The van der Waals surface area contributed by atoms with Gasteiger partial charge in [0.05, 0.1) is 11.5 Å². The molecule has 1 heterocycles. The van der Waals surface area contributed by atoms with Gasteiger partial charge < -0.3 is 10.5 Å². The van der Waals surface area contributed by atoms with Crippen molar-refractivity contribution < 1.29 is 14.5 Å². The number of nitrogens with zero attached hydrogens (tertiary/aromatic N) is 2. The number of benzene rings is 1. The number of hydrogen-bond donors (Lipinski definition) is 1. The van der Waals surface area contributed by atoms with Gasteiger partial charge >= 0.3 is 0 Å². The van der Waals surface area contributed by atoms with Gasteiger partial charge in [0.2, 0.25) is 5.91 Å². The minimum Gasteiger partial charge on any atom is -0.492 e. The molecule has 2 N–H and O–H groups in total. The number of hydrogen-bond acceptors (Lipinski definition) is 5. The van der Waals surface area contributed by atoms with Gasteiger partial charge in [-0.15, -0.1) is 0 Å². The van der Waals surface area contributed by atoms with Crippen molar-refractivity contribution >= 4 is 29.9 Å². The molecular formula is C16H19BClN3O4. The van der Waals surface area contributed by atoms with E-state index in [1.165, 1.54) is 6.07 Å². The minimum atomic E-state index is -0.779. The lowest BCUT2D eigenvalue weighted by Gasteiger charge is -2.23. The van der Waals surface area contributed by atoms with Crippen LogP contribution < -0.4 is 10.5 Å². The molecule has 0 atom stereocenters. The Morgan fingerprint density at radius 3 is 2.72 bits per heavy atom. The highest BCUT2D eigenvalue weighted by Crippen LogP contribution is 2.35. The molecular weight excluding hydrogens is 344 g/mol. The van der Waals surface area contributed by atoms with Gasteiger partial charge in [0.25, 0.3) is 12.4 Å². The van der Waals surface area contributed by atoms with Gasteiger partial charge in [-0.1, -0.05) is 37.1 Å². The minimum absolute atomic E-state index is 0.0130. The number of carbonyl (C=O) groups excluding carboxylic acids is 1. The number of rotatable bonds is 7. The van der Waals surface area contributed by atoms with Gasteiger partial charge in [-0.2, -0.15) is 0 Å². The van der Waals surface area contributed by atoms with Crippen molar-refractivity contribution in [3.63, 3.8) is 0 Å². The smallest absolute Gasteiger partial charge is 0.292 e. The highest BCUT2D eigenvalue weighted by molar-refractivity contribution is 6.67. The van der Waals surface area contributed by atoms with Crippen molar-refractivity contribution in [2.24, 2.45) is 11.7 Å². The van der Waals surface area contributed by atoms with Gasteiger partial charge in [-0.05, 0) is 24.8 Å². The topological polar surface area (TPSA) is 119 Å². The van der Waals surface area contributed by atoms with Crippen molar-refractivity contribution in [1.29, 1.82) is 5.26 Å². The maximum absolute atomic E-state index is 11.3. The van der Waals surface area contributed by atoms with Crippen LogP contribution in [-0.2, 0) is 0 Å². The predicted octanol–water partition coefficient (Wildman–Crippen LogP) is 3.47. The van der Waals surface area contributed by atoms with Crippen LogP contribution in [0.4, 0.5) is 5.69 Å². The van der Waals surface area contributed by atoms with Crippen LogP contribution in [0.15, 0.2) is 12.1 Å². The Labute approximate surface area is 151 Å². The van der Waals surface area contributed by atoms with Crippen LogP contribution >= 0.6 is 11.6 Å². The van der Waals surface area contributed by atoms with Crippen LogP contribution in [0.3, 0.4) is 0 Å². The number of halogens is 1. The Kier molecular flexibility index (Phi) is 6.65. The van der Waals surface area contributed by atoms with E-state index in [2.05, 4.69) is 5.97 Å². The lowest BCUT2D eigenvalue weighted by atomic mass is 9.41. The third kappa shape index (κ3) is 5.10. The molecule has 25 heavy (non-hydrogen) atoms. The standard InChI is InChI=1S/C16H19BClN3O4/c18-15-13(21(23)24)8-12(16(20)22)9-14(15)25-7-1-2-11-3-5-17(10-19)6-4-11/h8-9,11H,1-7H2,(H2,20,22). The maximum Gasteiger partial charge on any atom is 0.292 e. The van der Waals surface area contributed by atoms with Crippen LogP contribution in [-0.4, -0.2) is 24.2 Å². The molecule has 1 aromatic carbocycles. The van der Waals surface area contributed by atoms with E-state index in [0.29, 0.717) is 12.5 Å². The molecule has 0 spiro atoms. The summed E-state index contributed by atoms with van der Waals surface area (Å²) in [4.78, 5) is 21.7. The molecule has 1 aliphatic rings.